The van der Waals surface area contributed by atoms with Crippen LogP contribution in [0, 0.1) is 0 Å². The van der Waals surface area contributed by atoms with Gasteiger partial charge in [-0.3, -0.25) is 0 Å². The molecule has 0 unspecified atom stereocenters. The molecular weight excluding hydrogens is 1300 g/mol. The van der Waals surface area contributed by atoms with Gasteiger partial charge in [0.05, 0.1) is 16.7 Å². The van der Waals surface area contributed by atoms with Crippen molar-refractivity contribution in [2.24, 2.45) is 0 Å². The fraction of sp³-hybridized carbons (Fsp3) is 0.157. The van der Waals surface area contributed by atoms with E-state index >= 15 is 0 Å². The third-order valence-corrected chi connectivity index (χ3v) is 24.3. The van der Waals surface area contributed by atoms with E-state index in [4.69, 9.17) is 0 Å². The van der Waals surface area contributed by atoms with Crippen LogP contribution in [-0.2, 0) is 21.7 Å². The monoisotopic (exact) mass is 1380 g/mol. The zero-order valence-corrected chi connectivity index (χ0v) is 63.5. The van der Waals surface area contributed by atoms with Gasteiger partial charge in [0, 0.05) is 48.1 Å². The molecule has 0 amide bonds. The molecule has 0 atom stereocenters. The average molecular weight is 1380 g/mol. The molecular formula is C102H85BN2S. The lowest BCUT2D eigenvalue weighted by Gasteiger charge is -2.40. The average Bonchev–Trinajstić information content (AvgIpc) is 1.42. The molecule has 0 aliphatic carbocycles. The summed E-state index contributed by atoms with van der Waals surface area (Å²) in [6, 6.07) is 115. The first-order chi connectivity index (χ1) is 51.2. The van der Waals surface area contributed by atoms with Gasteiger partial charge in [-0.25, -0.2) is 0 Å². The van der Waals surface area contributed by atoms with E-state index in [-0.39, 0.29) is 28.4 Å². The van der Waals surface area contributed by atoms with Crippen LogP contribution in [-0.4, -0.2) is 11.3 Å². The Balaban J connectivity index is 1.04. The predicted octanol–water partition coefficient (Wildman–Crippen LogP) is 26.9. The number of rotatable bonds is 8. The molecule has 15 aromatic carbocycles. The van der Waals surface area contributed by atoms with E-state index < -0.39 is 0 Å². The molecule has 4 heteroatoms. The van der Waals surface area contributed by atoms with Gasteiger partial charge in [-0.05, 0) is 214 Å². The lowest BCUT2D eigenvalue weighted by atomic mass is 9.36. The Morgan fingerprint density at radius 2 is 0.802 bits per heavy atom. The van der Waals surface area contributed by atoms with E-state index in [1.165, 1.54) is 169 Å². The maximum absolute atomic E-state index is 2.76. The molecule has 0 saturated heterocycles. The van der Waals surface area contributed by atoms with Gasteiger partial charge < -0.3 is 9.47 Å². The van der Waals surface area contributed by atoms with Gasteiger partial charge in [0.25, 0.3) is 6.71 Å². The van der Waals surface area contributed by atoms with Gasteiger partial charge in [0.15, 0.2) is 0 Å². The Morgan fingerprint density at radius 1 is 0.302 bits per heavy atom. The van der Waals surface area contributed by atoms with Gasteiger partial charge >= 0.3 is 0 Å². The van der Waals surface area contributed by atoms with Crippen molar-refractivity contribution in [3.63, 3.8) is 0 Å². The maximum Gasteiger partial charge on any atom is 0.264 e. The van der Waals surface area contributed by atoms with Crippen LogP contribution in [0.5, 0.6) is 0 Å². The Labute approximate surface area is 628 Å². The van der Waals surface area contributed by atoms with E-state index in [1.54, 1.807) is 0 Å². The molecule has 19 rings (SSSR count). The number of aromatic nitrogens is 1. The first-order valence-electron chi connectivity index (χ1n) is 37.8. The van der Waals surface area contributed by atoms with Crippen LogP contribution in [0.4, 0.5) is 17.1 Å². The minimum absolute atomic E-state index is 0.0404. The van der Waals surface area contributed by atoms with E-state index in [1.807, 2.05) is 11.3 Å². The SMILES string of the molecule is CC(C)(C)c1ccc(-c2cc(N3c4cc(-c5c(-c6ccccc6-c6ccccc6)cc(-c6ccccc6)cc5-c5ccccc5-c5ccccc5)cc5c4B(c4sc6ccc(C(C)(C)C)cc6c43)c3cc4c6ccccc6c6ccccc6c4c4c6ccccc6n-5c34)ccc2C(C)(C)C)c(C(C)(C)C)c1. The third kappa shape index (κ3) is 10.3. The van der Waals surface area contributed by atoms with Crippen molar-refractivity contribution in [3.05, 3.63) is 320 Å². The number of hydrogen-bond acceptors (Lipinski definition) is 2. The number of thiophene rings is 1. The van der Waals surface area contributed by atoms with Crippen molar-refractivity contribution in [2.45, 2.75) is 105 Å². The van der Waals surface area contributed by atoms with Crippen molar-refractivity contribution in [3.8, 4) is 83.6 Å². The second-order valence-corrected chi connectivity index (χ2v) is 35.0. The first kappa shape index (κ1) is 65.5. The highest BCUT2D eigenvalue weighted by Gasteiger charge is 2.46. The molecule has 0 radical (unpaired) electrons. The van der Waals surface area contributed by atoms with Crippen LogP contribution in [0.15, 0.2) is 297 Å². The number of anilines is 3. The summed E-state index contributed by atoms with van der Waals surface area (Å²) in [5, 5.41) is 11.5. The lowest BCUT2D eigenvalue weighted by Crippen LogP contribution is -2.59. The molecule has 17 aromatic rings. The van der Waals surface area contributed by atoms with E-state index in [0.717, 1.165) is 33.5 Å². The molecule has 106 heavy (non-hydrogen) atoms. The fourth-order valence-corrected chi connectivity index (χ4v) is 19.4. The summed E-state index contributed by atoms with van der Waals surface area (Å²) in [6.07, 6.45) is 0. The number of para-hydroxylation sites is 1. The van der Waals surface area contributed by atoms with Crippen LogP contribution in [0.25, 0.3) is 148 Å². The molecule has 0 fully saturated rings. The number of fused-ring (bicyclic) bond motifs is 16. The van der Waals surface area contributed by atoms with Gasteiger partial charge in [0.2, 0.25) is 0 Å². The van der Waals surface area contributed by atoms with Crippen LogP contribution < -0.4 is 20.6 Å². The zero-order chi connectivity index (χ0) is 72.4. The van der Waals surface area contributed by atoms with Gasteiger partial charge in [0.1, 0.15) is 0 Å². The molecule has 512 valence electrons. The molecule has 2 aliphatic rings. The standard InChI is InChI=1S/C102H85BN2S/c1-99(2,3)67-49-53-91-84(58-67)96-98(106-91)103-87-61-83-76-44-27-26-42-74(76)75-43-28-29-45-78(75)93(83)94-79-46-30-31-47-88(79)105(97(87)94)90-57-66(56-89(95(90)103)104(96)69-50-52-85(101(7,8)9)80(60-69)77-51-48-68(100(4,5)6)59-86(77)102(10,11)12)92-81(72-40-24-22-38-70(72)63-34-18-14-19-35-63)54-65(62-32-16-13-17-33-62)55-82(92)73-41-25-23-39-71(73)64-36-20-15-21-37-64/h13-61H,1-12H3. The summed E-state index contributed by atoms with van der Waals surface area (Å²) in [5.74, 6) is 0. The van der Waals surface area contributed by atoms with Crippen molar-refractivity contribution < 1.29 is 0 Å². The van der Waals surface area contributed by atoms with Crippen molar-refractivity contribution >= 4 is 115 Å². The summed E-state index contributed by atoms with van der Waals surface area (Å²) in [5.41, 5.74) is 31.2. The Morgan fingerprint density at radius 3 is 1.40 bits per heavy atom. The minimum Gasteiger partial charge on any atom is -0.310 e. The number of nitrogens with zero attached hydrogens (tertiary/aromatic N) is 2. The second kappa shape index (κ2) is 24.1. The quantitative estimate of drug-likeness (QED) is 0.109. The third-order valence-electron chi connectivity index (χ3n) is 23.1. The summed E-state index contributed by atoms with van der Waals surface area (Å²) in [7, 11) is 0. The number of hydrogen-bond donors (Lipinski definition) is 0. The molecule has 0 N–H and O–H groups in total. The van der Waals surface area contributed by atoms with Crippen molar-refractivity contribution in [2.75, 3.05) is 4.90 Å². The van der Waals surface area contributed by atoms with E-state index in [2.05, 4.69) is 390 Å². The van der Waals surface area contributed by atoms with Crippen LogP contribution in [0.1, 0.15) is 105 Å². The normalized spacial score (nSPS) is 13.1. The molecule has 0 bridgehead atoms. The van der Waals surface area contributed by atoms with Crippen LogP contribution in [0.2, 0.25) is 0 Å². The topological polar surface area (TPSA) is 8.17 Å². The van der Waals surface area contributed by atoms with Crippen molar-refractivity contribution in [1.29, 1.82) is 0 Å². The Bertz CT molecular complexity index is 6370. The number of benzene rings is 15. The molecule has 0 saturated carbocycles. The molecule has 2 nitrogen and oxygen atoms in total. The van der Waals surface area contributed by atoms with Gasteiger partial charge in [-0.15, -0.1) is 11.3 Å². The Hall–Kier alpha value is -11.3. The largest absolute Gasteiger partial charge is 0.310 e. The van der Waals surface area contributed by atoms with Crippen LogP contribution >= 0.6 is 11.3 Å². The second-order valence-electron chi connectivity index (χ2n) is 33.9. The van der Waals surface area contributed by atoms with E-state index in [0.29, 0.717) is 0 Å². The molecule has 2 aromatic heterocycles. The Kier molecular flexibility index (Phi) is 14.9. The van der Waals surface area contributed by atoms with Crippen molar-refractivity contribution in [1.82, 2.24) is 4.57 Å². The highest BCUT2D eigenvalue weighted by atomic mass is 32.1. The van der Waals surface area contributed by atoms with Gasteiger partial charge in [-0.2, -0.15) is 0 Å². The molecule has 2 aliphatic heterocycles. The summed E-state index contributed by atoms with van der Waals surface area (Å²) >= 11 is 2.00. The molecule has 0 spiro atoms. The first-order valence-corrected chi connectivity index (χ1v) is 38.7. The maximum atomic E-state index is 2.76. The van der Waals surface area contributed by atoms with Crippen LogP contribution in [0.3, 0.4) is 0 Å². The smallest absolute Gasteiger partial charge is 0.264 e. The lowest BCUT2D eigenvalue weighted by molar-refractivity contribution is 0.568. The highest BCUT2D eigenvalue weighted by molar-refractivity contribution is 7.33. The van der Waals surface area contributed by atoms with E-state index in [9.17, 15) is 0 Å². The fourth-order valence-electron chi connectivity index (χ4n) is 18.1. The van der Waals surface area contributed by atoms with Gasteiger partial charge in [-0.1, -0.05) is 326 Å². The minimum atomic E-state index is -0.201. The summed E-state index contributed by atoms with van der Waals surface area (Å²) in [4.78, 5) is 2.76. The zero-order valence-electron chi connectivity index (χ0n) is 62.7. The predicted molar refractivity (Wildman–Crippen MR) is 461 cm³/mol. The molecule has 4 heterocycles. The summed E-state index contributed by atoms with van der Waals surface area (Å²) in [6.45, 7) is 28.4. The summed E-state index contributed by atoms with van der Waals surface area (Å²) < 4.78 is 5.37. The highest BCUT2D eigenvalue weighted by Crippen LogP contribution is 2.55.